The lowest BCUT2D eigenvalue weighted by Crippen LogP contribution is -1.96. The van der Waals surface area contributed by atoms with E-state index >= 15 is 0 Å². The Balaban J connectivity index is 2.41. The quantitative estimate of drug-likeness (QED) is 0.790. The van der Waals surface area contributed by atoms with Crippen molar-refractivity contribution in [3.05, 3.63) is 30.0 Å². The van der Waals surface area contributed by atoms with Crippen molar-refractivity contribution in [1.82, 2.24) is 15.0 Å². The third-order valence-corrected chi connectivity index (χ3v) is 1.72. The standard InChI is InChI=1S/C9H7N3O3/c1-5-10-3-2-6(11-5)8-12-7(4-15-8)9(13)14/h2-4H,1H3,(H,13,14). The first-order chi connectivity index (χ1) is 7.16. The van der Waals surface area contributed by atoms with Crippen LogP contribution >= 0.6 is 0 Å². The summed E-state index contributed by atoms with van der Waals surface area (Å²) in [5, 5.41) is 8.64. The number of oxazole rings is 1. The van der Waals surface area contributed by atoms with Gasteiger partial charge in [0.05, 0.1) is 0 Å². The fraction of sp³-hybridized carbons (Fsp3) is 0.111. The highest BCUT2D eigenvalue weighted by molar-refractivity contribution is 5.85. The van der Waals surface area contributed by atoms with Crippen molar-refractivity contribution in [2.45, 2.75) is 6.92 Å². The van der Waals surface area contributed by atoms with Gasteiger partial charge in [-0.05, 0) is 13.0 Å². The van der Waals surface area contributed by atoms with Gasteiger partial charge >= 0.3 is 5.97 Å². The Bertz CT molecular complexity index is 507. The lowest BCUT2D eigenvalue weighted by atomic mass is 10.4. The fourth-order valence-electron chi connectivity index (χ4n) is 1.06. The van der Waals surface area contributed by atoms with Crippen LogP contribution in [0.4, 0.5) is 0 Å². The molecule has 0 amide bonds. The molecule has 0 aliphatic rings. The van der Waals surface area contributed by atoms with E-state index in [1.54, 1.807) is 19.2 Å². The zero-order valence-electron chi connectivity index (χ0n) is 7.84. The van der Waals surface area contributed by atoms with Gasteiger partial charge in [-0.1, -0.05) is 0 Å². The predicted molar refractivity (Wildman–Crippen MR) is 49.2 cm³/mol. The number of nitrogens with zero attached hydrogens (tertiary/aromatic N) is 3. The molecule has 2 aromatic rings. The van der Waals surface area contributed by atoms with Gasteiger partial charge in [0.15, 0.2) is 5.69 Å². The molecule has 2 rings (SSSR count). The molecular formula is C9H7N3O3. The molecule has 0 spiro atoms. The Morgan fingerprint density at radius 3 is 2.87 bits per heavy atom. The number of hydrogen-bond donors (Lipinski definition) is 1. The van der Waals surface area contributed by atoms with Crippen LogP contribution < -0.4 is 0 Å². The summed E-state index contributed by atoms with van der Waals surface area (Å²) >= 11 is 0. The molecule has 0 aliphatic carbocycles. The van der Waals surface area contributed by atoms with Gasteiger partial charge in [-0.3, -0.25) is 0 Å². The molecule has 1 N–H and O–H groups in total. The first kappa shape index (κ1) is 9.32. The lowest BCUT2D eigenvalue weighted by Gasteiger charge is -1.94. The van der Waals surface area contributed by atoms with Crippen molar-refractivity contribution in [1.29, 1.82) is 0 Å². The molecule has 2 aromatic heterocycles. The average molecular weight is 205 g/mol. The summed E-state index contributed by atoms with van der Waals surface area (Å²) in [4.78, 5) is 22.3. The summed E-state index contributed by atoms with van der Waals surface area (Å²) in [7, 11) is 0. The number of rotatable bonds is 2. The van der Waals surface area contributed by atoms with E-state index in [4.69, 9.17) is 9.52 Å². The Hall–Kier alpha value is -2.24. The summed E-state index contributed by atoms with van der Waals surface area (Å²) < 4.78 is 4.98. The minimum absolute atomic E-state index is 0.138. The number of aromatic nitrogens is 3. The second-order valence-corrected chi connectivity index (χ2v) is 2.83. The summed E-state index contributed by atoms with van der Waals surface area (Å²) in [6, 6.07) is 1.60. The number of aryl methyl sites for hydroxylation is 1. The molecule has 0 saturated heterocycles. The maximum absolute atomic E-state index is 10.6. The van der Waals surface area contributed by atoms with Crippen molar-refractivity contribution >= 4 is 5.97 Å². The number of carboxylic acids is 1. The molecule has 0 saturated carbocycles. The van der Waals surface area contributed by atoms with E-state index < -0.39 is 5.97 Å². The molecule has 0 aliphatic heterocycles. The molecule has 15 heavy (non-hydrogen) atoms. The van der Waals surface area contributed by atoms with E-state index in [0.717, 1.165) is 6.26 Å². The summed E-state index contributed by atoms with van der Waals surface area (Å²) in [6.07, 6.45) is 2.64. The van der Waals surface area contributed by atoms with E-state index in [0.29, 0.717) is 11.5 Å². The average Bonchev–Trinajstić information content (AvgIpc) is 2.66. The molecule has 0 radical (unpaired) electrons. The second kappa shape index (κ2) is 3.49. The van der Waals surface area contributed by atoms with Gasteiger partial charge in [0.1, 0.15) is 17.8 Å². The zero-order valence-corrected chi connectivity index (χ0v) is 7.84. The van der Waals surface area contributed by atoms with Gasteiger partial charge in [0.2, 0.25) is 5.89 Å². The molecule has 0 fully saturated rings. The van der Waals surface area contributed by atoms with Gasteiger partial charge in [0.25, 0.3) is 0 Å². The van der Waals surface area contributed by atoms with Crippen LogP contribution in [0, 0.1) is 6.92 Å². The Morgan fingerprint density at radius 2 is 2.27 bits per heavy atom. The maximum atomic E-state index is 10.6. The number of carbonyl (C=O) groups is 1. The van der Waals surface area contributed by atoms with Crippen LogP contribution in [0.5, 0.6) is 0 Å². The molecule has 2 heterocycles. The van der Waals surface area contributed by atoms with Crippen LogP contribution in [0.2, 0.25) is 0 Å². The number of aromatic carboxylic acids is 1. The van der Waals surface area contributed by atoms with Crippen molar-refractivity contribution in [2.24, 2.45) is 0 Å². The minimum atomic E-state index is -1.13. The molecule has 0 bridgehead atoms. The molecule has 0 atom stereocenters. The van der Waals surface area contributed by atoms with E-state index in [1.165, 1.54) is 0 Å². The van der Waals surface area contributed by atoms with E-state index in [2.05, 4.69) is 15.0 Å². The van der Waals surface area contributed by atoms with Gasteiger partial charge in [-0.25, -0.2) is 19.7 Å². The van der Waals surface area contributed by atoms with Crippen LogP contribution in [-0.4, -0.2) is 26.0 Å². The SMILES string of the molecule is Cc1nccc(-c2nc(C(=O)O)co2)n1. The first-order valence-electron chi connectivity index (χ1n) is 4.15. The number of hydrogen-bond acceptors (Lipinski definition) is 5. The zero-order chi connectivity index (χ0) is 10.8. The van der Waals surface area contributed by atoms with Crippen LogP contribution in [0.25, 0.3) is 11.6 Å². The third-order valence-electron chi connectivity index (χ3n) is 1.72. The van der Waals surface area contributed by atoms with Crippen LogP contribution in [-0.2, 0) is 0 Å². The Labute approximate surface area is 84.6 Å². The lowest BCUT2D eigenvalue weighted by molar-refractivity contribution is 0.0690. The molecule has 6 nitrogen and oxygen atoms in total. The highest BCUT2D eigenvalue weighted by Gasteiger charge is 2.12. The highest BCUT2D eigenvalue weighted by atomic mass is 16.4. The minimum Gasteiger partial charge on any atom is -0.476 e. The molecule has 0 unspecified atom stereocenters. The van der Waals surface area contributed by atoms with Crippen LogP contribution in [0.1, 0.15) is 16.3 Å². The van der Waals surface area contributed by atoms with Crippen molar-refractivity contribution < 1.29 is 14.3 Å². The monoisotopic (exact) mass is 205 g/mol. The van der Waals surface area contributed by atoms with Crippen molar-refractivity contribution in [3.8, 4) is 11.6 Å². The van der Waals surface area contributed by atoms with Crippen LogP contribution in [0.15, 0.2) is 22.9 Å². The van der Waals surface area contributed by atoms with Crippen molar-refractivity contribution in [3.63, 3.8) is 0 Å². The third kappa shape index (κ3) is 1.83. The van der Waals surface area contributed by atoms with E-state index in [-0.39, 0.29) is 11.6 Å². The molecule has 76 valence electrons. The first-order valence-corrected chi connectivity index (χ1v) is 4.15. The number of carboxylic acid groups (broad SMARTS) is 1. The normalized spacial score (nSPS) is 10.2. The Kier molecular flexibility index (Phi) is 2.17. The summed E-state index contributed by atoms with van der Waals surface area (Å²) in [5.41, 5.74) is 0.330. The largest absolute Gasteiger partial charge is 0.476 e. The Morgan fingerprint density at radius 1 is 1.47 bits per heavy atom. The van der Waals surface area contributed by atoms with Gasteiger partial charge < -0.3 is 9.52 Å². The maximum Gasteiger partial charge on any atom is 0.357 e. The van der Waals surface area contributed by atoms with E-state index in [1.807, 2.05) is 0 Å². The second-order valence-electron chi connectivity index (χ2n) is 2.83. The fourth-order valence-corrected chi connectivity index (χ4v) is 1.06. The topological polar surface area (TPSA) is 89.1 Å². The van der Waals surface area contributed by atoms with Gasteiger partial charge in [-0.15, -0.1) is 0 Å². The summed E-state index contributed by atoms with van der Waals surface area (Å²) in [5.74, 6) is -0.378. The van der Waals surface area contributed by atoms with Gasteiger partial charge in [-0.2, -0.15) is 0 Å². The highest BCUT2D eigenvalue weighted by Crippen LogP contribution is 2.15. The molecule has 0 aromatic carbocycles. The molecule has 6 heteroatoms. The van der Waals surface area contributed by atoms with E-state index in [9.17, 15) is 4.79 Å². The predicted octanol–water partition coefficient (Wildman–Crippen LogP) is 1.14. The van der Waals surface area contributed by atoms with Crippen molar-refractivity contribution in [2.75, 3.05) is 0 Å². The van der Waals surface area contributed by atoms with Crippen LogP contribution in [0.3, 0.4) is 0 Å². The summed E-state index contributed by atoms with van der Waals surface area (Å²) in [6.45, 7) is 1.73. The van der Waals surface area contributed by atoms with Gasteiger partial charge in [0, 0.05) is 6.20 Å². The smallest absolute Gasteiger partial charge is 0.357 e. The molecular weight excluding hydrogens is 198 g/mol.